The molecule has 18 heavy (non-hydrogen) atoms. The van der Waals surface area contributed by atoms with Crippen LogP contribution in [0.25, 0.3) is 0 Å². The number of benzene rings is 1. The Morgan fingerprint density at radius 1 is 1.39 bits per heavy atom. The first-order valence-corrected chi connectivity index (χ1v) is 6.00. The summed E-state index contributed by atoms with van der Waals surface area (Å²) in [6, 6.07) is 8.91. The summed E-state index contributed by atoms with van der Waals surface area (Å²) >= 11 is 0. The number of nitrogens with zero attached hydrogens (tertiary/aromatic N) is 2. The van der Waals surface area contributed by atoms with Crippen LogP contribution in [0.5, 0.6) is 0 Å². The second-order valence-corrected chi connectivity index (χ2v) is 4.60. The number of carboxylic acids is 1. The van der Waals surface area contributed by atoms with Gasteiger partial charge in [0.15, 0.2) is 0 Å². The Labute approximate surface area is 107 Å². The summed E-state index contributed by atoms with van der Waals surface area (Å²) in [5.74, 6) is -0.433. The third-order valence-corrected chi connectivity index (χ3v) is 2.56. The third kappa shape index (κ3) is 4.10. The quantitative estimate of drug-likeness (QED) is 0.838. The predicted octanol–water partition coefficient (Wildman–Crippen LogP) is 2.76. The second-order valence-electron chi connectivity index (χ2n) is 4.60. The van der Waals surface area contributed by atoms with Crippen molar-refractivity contribution in [2.24, 2.45) is 5.92 Å². The van der Waals surface area contributed by atoms with Crippen LogP contribution in [-0.4, -0.2) is 24.2 Å². The van der Waals surface area contributed by atoms with Crippen molar-refractivity contribution in [2.45, 2.75) is 20.3 Å². The molecule has 0 aliphatic heterocycles. The van der Waals surface area contributed by atoms with Crippen LogP contribution in [0.2, 0.25) is 0 Å². The number of hydrogen-bond donors (Lipinski definition) is 1. The smallest absolute Gasteiger partial charge is 0.335 e. The lowest BCUT2D eigenvalue weighted by Gasteiger charge is -2.25. The Balaban J connectivity index is 2.84. The molecule has 1 rings (SSSR count). The summed E-state index contributed by atoms with van der Waals surface area (Å²) < 4.78 is 0. The molecule has 0 spiro atoms. The minimum absolute atomic E-state index is 0.281. The van der Waals surface area contributed by atoms with Gasteiger partial charge in [0, 0.05) is 18.8 Å². The van der Waals surface area contributed by atoms with E-state index in [1.807, 2.05) is 0 Å². The summed E-state index contributed by atoms with van der Waals surface area (Å²) in [7, 11) is 0. The Morgan fingerprint density at radius 3 is 2.44 bits per heavy atom. The Kier molecular flexibility index (Phi) is 5.19. The average molecular weight is 246 g/mol. The fourth-order valence-corrected chi connectivity index (χ4v) is 1.77. The van der Waals surface area contributed by atoms with Gasteiger partial charge in [0.25, 0.3) is 0 Å². The van der Waals surface area contributed by atoms with Gasteiger partial charge in [-0.2, -0.15) is 5.26 Å². The van der Waals surface area contributed by atoms with E-state index in [0.29, 0.717) is 18.9 Å². The molecule has 0 saturated heterocycles. The van der Waals surface area contributed by atoms with E-state index in [-0.39, 0.29) is 5.56 Å². The number of aromatic carboxylic acids is 1. The molecule has 1 aromatic carbocycles. The Bertz CT molecular complexity index is 432. The molecule has 0 aliphatic rings. The van der Waals surface area contributed by atoms with Crippen molar-refractivity contribution < 1.29 is 9.90 Å². The highest BCUT2D eigenvalue weighted by molar-refractivity contribution is 5.88. The highest BCUT2D eigenvalue weighted by Gasteiger charge is 2.09. The lowest BCUT2D eigenvalue weighted by atomic mass is 10.1. The zero-order valence-electron chi connectivity index (χ0n) is 10.8. The van der Waals surface area contributed by atoms with Gasteiger partial charge in [0.05, 0.1) is 18.1 Å². The summed E-state index contributed by atoms with van der Waals surface area (Å²) in [6.45, 7) is 5.76. The third-order valence-electron chi connectivity index (χ3n) is 2.56. The highest BCUT2D eigenvalue weighted by Crippen LogP contribution is 2.17. The van der Waals surface area contributed by atoms with Crippen LogP contribution < -0.4 is 4.90 Å². The molecule has 0 heterocycles. The van der Waals surface area contributed by atoms with Gasteiger partial charge in [0.2, 0.25) is 0 Å². The topological polar surface area (TPSA) is 64.3 Å². The van der Waals surface area contributed by atoms with E-state index in [4.69, 9.17) is 10.4 Å². The van der Waals surface area contributed by atoms with Crippen LogP contribution >= 0.6 is 0 Å². The van der Waals surface area contributed by atoms with Gasteiger partial charge >= 0.3 is 5.97 Å². The molecule has 0 fully saturated rings. The fourth-order valence-electron chi connectivity index (χ4n) is 1.77. The van der Waals surface area contributed by atoms with E-state index in [0.717, 1.165) is 12.2 Å². The zero-order chi connectivity index (χ0) is 13.5. The predicted molar refractivity (Wildman–Crippen MR) is 70.7 cm³/mol. The van der Waals surface area contributed by atoms with Crippen molar-refractivity contribution in [1.82, 2.24) is 0 Å². The normalized spacial score (nSPS) is 10.1. The molecule has 0 unspecified atom stereocenters. The molecule has 0 radical (unpaired) electrons. The lowest BCUT2D eigenvalue weighted by Crippen LogP contribution is -2.28. The maximum atomic E-state index is 10.8. The first-order valence-electron chi connectivity index (χ1n) is 6.00. The van der Waals surface area contributed by atoms with Gasteiger partial charge in [-0.15, -0.1) is 0 Å². The largest absolute Gasteiger partial charge is 0.478 e. The van der Waals surface area contributed by atoms with Crippen molar-refractivity contribution in [2.75, 3.05) is 18.0 Å². The van der Waals surface area contributed by atoms with Gasteiger partial charge in [-0.25, -0.2) is 4.79 Å². The highest BCUT2D eigenvalue weighted by atomic mass is 16.4. The van der Waals surface area contributed by atoms with E-state index >= 15 is 0 Å². The monoisotopic (exact) mass is 246 g/mol. The Hall–Kier alpha value is -2.02. The minimum atomic E-state index is -0.922. The maximum absolute atomic E-state index is 10.8. The fraction of sp³-hybridized carbons (Fsp3) is 0.429. The van der Waals surface area contributed by atoms with Gasteiger partial charge in [-0.3, -0.25) is 0 Å². The molecular formula is C14H18N2O2. The van der Waals surface area contributed by atoms with E-state index < -0.39 is 5.97 Å². The molecule has 4 nitrogen and oxygen atoms in total. The molecule has 0 saturated carbocycles. The number of rotatable bonds is 6. The average Bonchev–Trinajstić information content (AvgIpc) is 2.34. The van der Waals surface area contributed by atoms with Crippen LogP contribution in [0.1, 0.15) is 30.6 Å². The SMILES string of the molecule is CC(C)CN(CCC#N)c1ccc(C(=O)O)cc1. The van der Waals surface area contributed by atoms with Gasteiger partial charge in [-0.05, 0) is 30.2 Å². The van der Waals surface area contributed by atoms with Crippen molar-refractivity contribution in [3.63, 3.8) is 0 Å². The molecule has 4 heteroatoms. The summed E-state index contributed by atoms with van der Waals surface area (Å²) in [5.41, 5.74) is 1.24. The van der Waals surface area contributed by atoms with Crippen molar-refractivity contribution >= 4 is 11.7 Å². The molecule has 0 amide bonds. The molecule has 0 aliphatic carbocycles. The minimum Gasteiger partial charge on any atom is -0.478 e. The van der Waals surface area contributed by atoms with Gasteiger partial charge < -0.3 is 10.0 Å². The first-order chi connectivity index (χ1) is 8.54. The van der Waals surface area contributed by atoms with Crippen LogP contribution in [-0.2, 0) is 0 Å². The number of carbonyl (C=O) groups is 1. The van der Waals surface area contributed by atoms with Crippen LogP contribution in [0.3, 0.4) is 0 Å². The number of nitriles is 1. The molecule has 0 aromatic heterocycles. The number of hydrogen-bond acceptors (Lipinski definition) is 3. The van der Waals surface area contributed by atoms with E-state index in [9.17, 15) is 4.79 Å². The van der Waals surface area contributed by atoms with E-state index in [1.54, 1.807) is 24.3 Å². The van der Waals surface area contributed by atoms with Crippen molar-refractivity contribution in [3.05, 3.63) is 29.8 Å². The summed E-state index contributed by atoms with van der Waals surface area (Å²) in [5, 5.41) is 17.5. The molecule has 0 atom stereocenters. The molecular weight excluding hydrogens is 228 g/mol. The molecule has 1 N–H and O–H groups in total. The van der Waals surface area contributed by atoms with Crippen LogP contribution in [0, 0.1) is 17.2 Å². The standard InChI is InChI=1S/C14H18N2O2/c1-11(2)10-16(9-3-8-15)13-6-4-12(5-7-13)14(17)18/h4-7,11H,3,9-10H2,1-2H3,(H,17,18). The van der Waals surface area contributed by atoms with Crippen LogP contribution in [0.4, 0.5) is 5.69 Å². The number of anilines is 1. The van der Waals surface area contributed by atoms with E-state index in [1.165, 1.54) is 0 Å². The van der Waals surface area contributed by atoms with E-state index in [2.05, 4.69) is 24.8 Å². The summed E-state index contributed by atoms with van der Waals surface area (Å²) in [6.07, 6.45) is 0.466. The number of carboxylic acid groups (broad SMARTS) is 1. The van der Waals surface area contributed by atoms with Gasteiger partial charge in [0.1, 0.15) is 0 Å². The Morgan fingerprint density at radius 2 is 2.00 bits per heavy atom. The maximum Gasteiger partial charge on any atom is 0.335 e. The molecule has 0 bridgehead atoms. The lowest BCUT2D eigenvalue weighted by molar-refractivity contribution is 0.0697. The first kappa shape index (κ1) is 14.0. The molecule has 1 aromatic rings. The zero-order valence-corrected chi connectivity index (χ0v) is 10.8. The summed E-state index contributed by atoms with van der Waals surface area (Å²) in [4.78, 5) is 12.9. The van der Waals surface area contributed by atoms with Crippen LogP contribution in [0.15, 0.2) is 24.3 Å². The van der Waals surface area contributed by atoms with Gasteiger partial charge in [-0.1, -0.05) is 13.8 Å². The second kappa shape index (κ2) is 6.65. The van der Waals surface area contributed by atoms with Crippen molar-refractivity contribution in [1.29, 1.82) is 5.26 Å². The molecule has 96 valence electrons. The van der Waals surface area contributed by atoms with Crippen molar-refractivity contribution in [3.8, 4) is 6.07 Å².